The molecule has 0 atom stereocenters. The second-order valence-corrected chi connectivity index (χ2v) is 7.63. The summed E-state index contributed by atoms with van der Waals surface area (Å²) in [5.41, 5.74) is 1.69. The van der Waals surface area contributed by atoms with Crippen LogP contribution in [0.2, 0.25) is 0 Å². The third kappa shape index (κ3) is 5.29. The number of rotatable bonds is 11. The smallest absolute Gasteiger partial charge is 0.278 e. The highest BCUT2D eigenvalue weighted by atomic mass is 16.5. The fourth-order valence-electron chi connectivity index (χ4n) is 3.40. The summed E-state index contributed by atoms with van der Waals surface area (Å²) in [6.07, 6.45) is 0.897. The number of benzene rings is 2. The molecule has 32 heavy (non-hydrogen) atoms. The average Bonchev–Trinajstić information content (AvgIpc) is 3.01. The number of ether oxygens (including phenoxy) is 3. The van der Waals surface area contributed by atoms with Gasteiger partial charge in [0, 0.05) is 17.3 Å². The summed E-state index contributed by atoms with van der Waals surface area (Å²) < 4.78 is 16.7. The molecule has 3 rings (SSSR count). The number of nitrogens with zero attached hydrogens (tertiary/aromatic N) is 1. The highest BCUT2D eigenvalue weighted by molar-refractivity contribution is 6.37. The van der Waals surface area contributed by atoms with Gasteiger partial charge in [-0.25, -0.2) is 0 Å². The number of imide groups is 1. The van der Waals surface area contributed by atoms with Gasteiger partial charge in [0.15, 0.2) is 0 Å². The summed E-state index contributed by atoms with van der Waals surface area (Å²) in [6.45, 7) is 6.88. The molecule has 1 N–H and O–H groups in total. The maximum Gasteiger partial charge on any atom is 0.278 e. The number of amides is 2. The molecule has 2 aromatic carbocycles. The average molecular weight is 439 g/mol. The molecule has 1 heterocycles. The van der Waals surface area contributed by atoms with Crippen molar-refractivity contribution in [2.24, 2.45) is 0 Å². The molecule has 7 heteroatoms. The van der Waals surface area contributed by atoms with Gasteiger partial charge in [-0.05, 0) is 38.5 Å². The standard InChI is InChI=1S/C25H30N2O5/c1-5-14-32-19-10-8-9-18(16-19)26-23-22(20-11-6-7-12-21(20)30-4)24(28)27(25(23)29)13-15-31-17(2)3/h6-12,16-17,26H,5,13-15H2,1-4H3. The highest BCUT2D eigenvalue weighted by Gasteiger charge is 2.40. The van der Waals surface area contributed by atoms with Crippen molar-refractivity contribution in [2.45, 2.75) is 33.3 Å². The summed E-state index contributed by atoms with van der Waals surface area (Å²) in [4.78, 5) is 27.8. The number of hydrogen-bond acceptors (Lipinski definition) is 6. The lowest BCUT2D eigenvalue weighted by Gasteiger charge is -2.16. The van der Waals surface area contributed by atoms with Crippen LogP contribution in [0.5, 0.6) is 11.5 Å². The lowest BCUT2D eigenvalue weighted by molar-refractivity contribution is -0.137. The van der Waals surface area contributed by atoms with Crippen LogP contribution >= 0.6 is 0 Å². The molecular weight excluding hydrogens is 408 g/mol. The molecule has 170 valence electrons. The number of nitrogens with one attached hydrogen (secondary N) is 1. The molecular formula is C25H30N2O5. The fourth-order valence-corrected chi connectivity index (χ4v) is 3.40. The van der Waals surface area contributed by atoms with Crippen LogP contribution in [0.4, 0.5) is 5.69 Å². The van der Waals surface area contributed by atoms with Crippen LogP contribution in [0.3, 0.4) is 0 Å². The van der Waals surface area contributed by atoms with Crippen molar-refractivity contribution in [2.75, 3.05) is 32.2 Å². The predicted octanol–water partition coefficient (Wildman–Crippen LogP) is 4.10. The Balaban J connectivity index is 1.98. The monoisotopic (exact) mass is 438 g/mol. The second kappa shape index (κ2) is 10.8. The molecule has 0 radical (unpaired) electrons. The number of carbonyl (C=O) groups excluding carboxylic acids is 2. The number of carbonyl (C=O) groups is 2. The SMILES string of the molecule is CCCOc1cccc(NC2=C(c3ccccc3OC)C(=O)N(CCOC(C)C)C2=O)c1. The van der Waals surface area contributed by atoms with Gasteiger partial charge in [0.05, 0.1) is 38.5 Å². The van der Waals surface area contributed by atoms with Crippen LogP contribution < -0.4 is 14.8 Å². The molecule has 0 fully saturated rings. The number of para-hydroxylation sites is 1. The highest BCUT2D eigenvalue weighted by Crippen LogP contribution is 2.35. The van der Waals surface area contributed by atoms with Crippen LogP contribution in [-0.4, -0.2) is 49.7 Å². The Labute approximate surface area is 189 Å². The Kier molecular flexibility index (Phi) is 7.89. The Hall–Kier alpha value is -3.32. The predicted molar refractivity (Wildman–Crippen MR) is 124 cm³/mol. The van der Waals surface area contributed by atoms with E-state index in [2.05, 4.69) is 5.32 Å². The first-order valence-electron chi connectivity index (χ1n) is 10.8. The molecule has 7 nitrogen and oxygen atoms in total. The molecule has 0 aromatic heterocycles. The van der Waals surface area contributed by atoms with Gasteiger partial charge in [0.1, 0.15) is 17.2 Å². The van der Waals surface area contributed by atoms with E-state index in [9.17, 15) is 9.59 Å². The van der Waals surface area contributed by atoms with Gasteiger partial charge >= 0.3 is 0 Å². The Morgan fingerprint density at radius 1 is 1.00 bits per heavy atom. The van der Waals surface area contributed by atoms with Crippen LogP contribution in [0.1, 0.15) is 32.8 Å². The van der Waals surface area contributed by atoms with Crippen molar-refractivity contribution in [3.63, 3.8) is 0 Å². The van der Waals surface area contributed by atoms with E-state index in [1.807, 2.05) is 57.2 Å². The molecule has 2 amide bonds. The summed E-state index contributed by atoms with van der Waals surface area (Å²) in [5.74, 6) is 0.425. The summed E-state index contributed by atoms with van der Waals surface area (Å²) in [6, 6.07) is 14.5. The summed E-state index contributed by atoms with van der Waals surface area (Å²) in [5, 5.41) is 3.16. The molecule has 0 spiro atoms. The van der Waals surface area contributed by atoms with E-state index in [1.165, 1.54) is 12.0 Å². The lowest BCUT2D eigenvalue weighted by Crippen LogP contribution is -2.35. The van der Waals surface area contributed by atoms with Gasteiger partial charge < -0.3 is 19.5 Å². The second-order valence-electron chi connectivity index (χ2n) is 7.63. The molecule has 0 saturated heterocycles. The Bertz CT molecular complexity index is 999. The van der Waals surface area contributed by atoms with E-state index in [0.29, 0.717) is 29.4 Å². The molecule has 0 saturated carbocycles. The minimum absolute atomic E-state index is 0.00732. The van der Waals surface area contributed by atoms with Crippen LogP contribution in [0, 0.1) is 0 Å². The minimum atomic E-state index is -0.400. The largest absolute Gasteiger partial charge is 0.496 e. The summed E-state index contributed by atoms with van der Waals surface area (Å²) >= 11 is 0. The first-order chi connectivity index (χ1) is 15.5. The van der Waals surface area contributed by atoms with Gasteiger partial charge in [0.2, 0.25) is 0 Å². The van der Waals surface area contributed by atoms with Crippen molar-refractivity contribution >= 4 is 23.1 Å². The van der Waals surface area contributed by atoms with Gasteiger partial charge in [-0.1, -0.05) is 31.2 Å². The van der Waals surface area contributed by atoms with Crippen molar-refractivity contribution in [1.82, 2.24) is 4.90 Å². The van der Waals surface area contributed by atoms with E-state index in [1.54, 1.807) is 12.1 Å². The van der Waals surface area contributed by atoms with E-state index in [4.69, 9.17) is 14.2 Å². The topological polar surface area (TPSA) is 77.1 Å². The van der Waals surface area contributed by atoms with Gasteiger partial charge in [-0.3, -0.25) is 14.5 Å². The third-order valence-corrected chi connectivity index (χ3v) is 4.89. The fraction of sp³-hybridized carbons (Fsp3) is 0.360. The zero-order valence-corrected chi connectivity index (χ0v) is 19.0. The van der Waals surface area contributed by atoms with Gasteiger partial charge in [-0.2, -0.15) is 0 Å². The zero-order chi connectivity index (χ0) is 23.1. The lowest BCUT2D eigenvalue weighted by atomic mass is 10.0. The zero-order valence-electron chi connectivity index (χ0n) is 19.0. The molecule has 1 aliphatic rings. The van der Waals surface area contributed by atoms with Gasteiger partial charge in [0.25, 0.3) is 11.8 Å². The van der Waals surface area contributed by atoms with Crippen LogP contribution in [0.15, 0.2) is 54.2 Å². The van der Waals surface area contributed by atoms with Crippen molar-refractivity contribution in [3.8, 4) is 11.5 Å². The van der Waals surface area contributed by atoms with E-state index in [0.717, 1.165) is 6.42 Å². The van der Waals surface area contributed by atoms with Crippen LogP contribution in [0.25, 0.3) is 5.57 Å². The number of methoxy groups -OCH3 is 1. The van der Waals surface area contributed by atoms with Crippen molar-refractivity contribution < 1.29 is 23.8 Å². The van der Waals surface area contributed by atoms with Gasteiger partial charge in [-0.15, -0.1) is 0 Å². The van der Waals surface area contributed by atoms with E-state index < -0.39 is 5.91 Å². The van der Waals surface area contributed by atoms with Crippen LogP contribution in [-0.2, 0) is 14.3 Å². The van der Waals surface area contributed by atoms with Crippen molar-refractivity contribution in [1.29, 1.82) is 0 Å². The first-order valence-corrected chi connectivity index (χ1v) is 10.8. The quantitative estimate of drug-likeness (QED) is 0.532. The first kappa shape index (κ1) is 23.3. The normalized spacial score (nSPS) is 13.8. The number of hydrogen-bond donors (Lipinski definition) is 1. The summed E-state index contributed by atoms with van der Waals surface area (Å²) in [7, 11) is 1.54. The molecule has 1 aliphatic heterocycles. The minimum Gasteiger partial charge on any atom is -0.496 e. The molecule has 0 bridgehead atoms. The maximum absolute atomic E-state index is 13.3. The molecule has 2 aromatic rings. The Morgan fingerprint density at radius 3 is 2.50 bits per heavy atom. The third-order valence-electron chi connectivity index (χ3n) is 4.89. The number of anilines is 1. The maximum atomic E-state index is 13.3. The van der Waals surface area contributed by atoms with Crippen molar-refractivity contribution in [3.05, 3.63) is 59.8 Å². The molecule has 0 unspecified atom stereocenters. The van der Waals surface area contributed by atoms with E-state index >= 15 is 0 Å². The molecule has 0 aliphatic carbocycles. The Morgan fingerprint density at radius 2 is 1.78 bits per heavy atom. The van der Waals surface area contributed by atoms with E-state index in [-0.39, 0.29) is 36.4 Å².